The summed E-state index contributed by atoms with van der Waals surface area (Å²) in [5.74, 6) is -0.0406. The van der Waals surface area contributed by atoms with Gasteiger partial charge in [0.05, 0.1) is 22.1 Å². The Morgan fingerprint density at radius 2 is 1.63 bits per heavy atom. The second-order valence-corrected chi connectivity index (χ2v) is 8.69. The van der Waals surface area contributed by atoms with E-state index in [-0.39, 0.29) is 27.1 Å². The summed E-state index contributed by atoms with van der Waals surface area (Å²) in [6, 6.07) is 8.97. The molecule has 0 heterocycles. The average Bonchev–Trinajstić information content (AvgIpc) is 2.55. The fourth-order valence-corrected chi connectivity index (χ4v) is 3.77. The molecule has 0 radical (unpaired) electrons. The highest BCUT2D eigenvalue weighted by Crippen LogP contribution is 2.29. The normalized spacial score (nSPS) is 11.7. The Bertz CT molecular complexity index is 1050. The molecule has 4 N–H and O–H groups in total. The van der Waals surface area contributed by atoms with Crippen LogP contribution in [0.1, 0.15) is 13.8 Å². The highest BCUT2D eigenvalue weighted by atomic mass is 32.2. The van der Waals surface area contributed by atoms with E-state index in [4.69, 9.17) is 9.88 Å². The summed E-state index contributed by atoms with van der Waals surface area (Å²) in [7, 11) is -7.86. The van der Waals surface area contributed by atoms with Crippen molar-refractivity contribution in [2.75, 3.05) is 16.6 Å². The van der Waals surface area contributed by atoms with Crippen LogP contribution < -0.4 is 19.9 Å². The van der Waals surface area contributed by atoms with Crippen LogP contribution in [-0.4, -0.2) is 29.3 Å². The zero-order chi connectivity index (χ0) is 20.2. The van der Waals surface area contributed by atoms with Crippen LogP contribution in [0.3, 0.4) is 0 Å². The number of carbonyl (C=O) groups is 1. The third-order valence-electron chi connectivity index (χ3n) is 3.31. The van der Waals surface area contributed by atoms with Crippen LogP contribution in [0.4, 0.5) is 11.4 Å². The van der Waals surface area contributed by atoms with Crippen molar-refractivity contribution in [2.45, 2.75) is 23.6 Å². The van der Waals surface area contributed by atoms with E-state index in [0.717, 1.165) is 0 Å². The van der Waals surface area contributed by atoms with Gasteiger partial charge in [0.25, 0.3) is 10.0 Å². The van der Waals surface area contributed by atoms with Gasteiger partial charge in [-0.2, -0.15) is 0 Å². The molecule has 0 saturated carbocycles. The highest BCUT2D eigenvalue weighted by Gasteiger charge is 2.18. The fraction of sp³-hybridized carbons (Fsp3) is 0.188. The van der Waals surface area contributed by atoms with Gasteiger partial charge in [0.1, 0.15) is 5.75 Å². The summed E-state index contributed by atoms with van der Waals surface area (Å²) in [6.07, 6.45) is 0. The SMILES string of the molecule is CCOc1ccc(S(=O)(=O)Nc2ccc(S(N)(=O)=O)cc2)cc1NC(C)=O. The summed E-state index contributed by atoms with van der Waals surface area (Å²) in [6.45, 7) is 3.39. The number of anilines is 2. The first kappa shape index (κ1) is 20.7. The Kier molecular flexibility index (Phi) is 6.08. The van der Waals surface area contributed by atoms with Crippen LogP contribution in [0.5, 0.6) is 5.75 Å². The van der Waals surface area contributed by atoms with Gasteiger partial charge in [-0.05, 0) is 49.4 Å². The number of nitrogens with one attached hydrogen (secondary N) is 2. The monoisotopic (exact) mass is 413 g/mol. The van der Waals surface area contributed by atoms with Crippen molar-refractivity contribution in [3.05, 3.63) is 42.5 Å². The molecular weight excluding hydrogens is 394 g/mol. The Labute approximate surface area is 157 Å². The number of primary sulfonamides is 1. The smallest absolute Gasteiger partial charge is 0.261 e. The molecule has 0 spiro atoms. The van der Waals surface area contributed by atoms with Crippen molar-refractivity contribution in [3.63, 3.8) is 0 Å². The minimum atomic E-state index is -3.99. The average molecular weight is 413 g/mol. The number of ether oxygens (including phenoxy) is 1. The molecule has 2 aromatic carbocycles. The molecule has 0 bridgehead atoms. The largest absolute Gasteiger partial charge is 0.492 e. The highest BCUT2D eigenvalue weighted by molar-refractivity contribution is 7.92. The van der Waals surface area contributed by atoms with Crippen molar-refractivity contribution in [1.82, 2.24) is 0 Å². The van der Waals surface area contributed by atoms with Gasteiger partial charge in [-0.3, -0.25) is 9.52 Å². The number of amides is 1. The maximum atomic E-state index is 12.6. The van der Waals surface area contributed by atoms with Gasteiger partial charge >= 0.3 is 0 Å². The number of sulfonamides is 2. The molecule has 0 atom stereocenters. The maximum absolute atomic E-state index is 12.6. The predicted molar refractivity (Wildman–Crippen MR) is 101 cm³/mol. The molecule has 0 aliphatic rings. The topological polar surface area (TPSA) is 145 Å². The van der Waals surface area contributed by atoms with E-state index in [1.165, 1.54) is 49.4 Å². The Morgan fingerprint density at radius 1 is 1.04 bits per heavy atom. The van der Waals surface area contributed by atoms with E-state index in [2.05, 4.69) is 10.0 Å². The standard InChI is InChI=1S/C16H19N3O6S2/c1-3-25-16-9-8-14(10-15(16)18-11(2)20)27(23,24)19-12-4-6-13(7-5-12)26(17,21)22/h4-10,19H,3H2,1-2H3,(H,18,20)(H2,17,21,22). The van der Waals surface area contributed by atoms with Crippen LogP contribution in [0.25, 0.3) is 0 Å². The van der Waals surface area contributed by atoms with Crippen LogP contribution in [0, 0.1) is 0 Å². The van der Waals surface area contributed by atoms with Crippen molar-refractivity contribution in [3.8, 4) is 5.75 Å². The van der Waals surface area contributed by atoms with Crippen LogP contribution in [-0.2, 0) is 24.8 Å². The van der Waals surface area contributed by atoms with E-state index in [9.17, 15) is 21.6 Å². The Hall–Kier alpha value is -2.63. The van der Waals surface area contributed by atoms with Gasteiger partial charge in [-0.1, -0.05) is 0 Å². The van der Waals surface area contributed by atoms with Crippen molar-refractivity contribution >= 4 is 37.3 Å². The van der Waals surface area contributed by atoms with E-state index in [1.54, 1.807) is 6.92 Å². The van der Waals surface area contributed by atoms with Gasteiger partial charge in [0.2, 0.25) is 15.9 Å². The second kappa shape index (κ2) is 7.94. The minimum absolute atomic E-state index is 0.106. The van der Waals surface area contributed by atoms with Gasteiger partial charge < -0.3 is 10.1 Å². The lowest BCUT2D eigenvalue weighted by molar-refractivity contribution is -0.114. The lowest BCUT2D eigenvalue weighted by atomic mass is 10.3. The third kappa shape index (κ3) is 5.42. The van der Waals surface area contributed by atoms with Gasteiger partial charge in [-0.25, -0.2) is 22.0 Å². The molecule has 0 aliphatic heterocycles. The number of rotatable bonds is 7. The molecule has 0 fully saturated rings. The molecule has 1 amide bonds. The fourth-order valence-electron chi connectivity index (χ4n) is 2.17. The molecular formula is C16H19N3O6S2. The van der Waals surface area contributed by atoms with Gasteiger partial charge in [0.15, 0.2) is 0 Å². The predicted octanol–water partition coefficient (Wildman–Crippen LogP) is 1.49. The first-order valence-electron chi connectivity index (χ1n) is 7.73. The van der Waals surface area contributed by atoms with E-state index < -0.39 is 20.0 Å². The summed E-state index contributed by atoms with van der Waals surface area (Å²) in [5.41, 5.74) is 0.370. The van der Waals surface area contributed by atoms with Crippen molar-refractivity contribution < 1.29 is 26.4 Å². The summed E-state index contributed by atoms with van der Waals surface area (Å²) >= 11 is 0. The lowest BCUT2D eigenvalue weighted by Gasteiger charge is -2.13. The molecule has 0 unspecified atom stereocenters. The molecule has 11 heteroatoms. The van der Waals surface area contributed by atoms with Gasteiger partial charge in [0, 0.05) is 12.6 Å². The minimum Gasteiger partial charge on any atom is -0.492 e. The van der Waals surface area contributed by atoms with E-state index >= 15 is 0 Å². The molecule has 0 aromatic heterocycles. The summed E-state index contributed by atoms with van der Waals surface area (Å²) in [5, 5.41) is 7.53. The molecule has 2 rings (SSSR count). The van der Waals surface area contributed by atoms with Crippen LogP contribution in [0.15, 0.2) is 52.3 Å². The first-order chi connectivity index (χ1) is 12.5. The summed E-state index contributed by atoms with van der Waals surface area (Å²) < 4.78 is 55.4. The molecule has 2 aromatic rings. The van der Waals surface area contributed by atoms with Crippen LogP contribution >= 0.6 is 0 Å². The zero-order valence-corrected chi connectivity index (χ0v) is 16.2. The van der Waals surface area contributed by atoms with Crippen molar-refractivity contribution in [2.24, 2.45) is 5.14 Å². The third-order valence-corrected chi connectivity index (χ3v) is 5.62. The number of hydrogen-bond donors (Lipinski definition) is 3. The number of benzene rings is 2. The molecule has 27 heavy (non-hydrogen) atoms. The lowest BCUT2D eigenvalue weighted by Crippen LogP contribution is -2.15. The number of carbonyl (C=O) groups excluding carboxylic acids is 1. The molecule has 9 nitrogen and oxygen atoms in total. The number of nitrogens with two attached hydrogens (primary N) is 1. The van der Waals surface area contributed by atoms with Crippen LogP contribution in [0.2, 0.25) is 0 Å². The van der Waals surface area contributed by atoms with Gasteiger partial charge in [-0.15, -0.1) is 0 Å². The van der Waals surface area contributed by atoms with E-state index in [1.807, 2.05) is 0 Å². The second-order valence-electron chi connectivity index (χ2n) is 5.45. The Morgan fingerprint density at radius 3 is 2.15 bits per heavy atom. The maximum Gasteiger partial charge on any atom is 0.261 e. The molecule has 146 valence electrons. The quantitative estimate of drug-likeness (QED) is 0.627. The molecule has 0 saturated heterocycles. The first-order valence-corrected chi connectivity index (χ1v) is 10.8. The summed E-state index contributed by atoms with van der Waals surface area (Å²) in [4.78, 5) is 11.1. The molecule has 0 aliphatic carbocycles. The van der Waals surface area contributed by atoms with Crippen molar-refractivity contribution in [1.29, 1.82) is 0 Å². The Balaban J connectivity index is 2.34. The van der Waals surface area contributed by atoms with E-state index in [0.29, 0.717) is 12.4 Å². The number of hydrogen-bond acceptors (Lipinski definition) is 6. The zero-order valence-electron chi connectivity index (χ0n) is 14.6.